The van der Waals surface area contributed by atoms with E-state index in [4.69, 9.17) is 28.9 Å². The van der Waals surface area contributed by atoms with Crippen molar-refractivity contribution in [2.45, 2.75) is 12.8 Å². The average Bonchev–Trinajstić information content (AvgIpc) is 2.97. The van der Waals surface area contributed by atoms with Crippen LogP contribution in [0.25, 0.3) is 11.3 Å². The van der Waals surface area contributed by atoms with Gasteiger partial charge in [0, 0.05) is 30.3 Å². The fourth-order valence-electron chi connectivity index (χ4n) is 2.36. The second-order valence-corrected chi connectivity index (χ2v) is 6.26. The molecule has 0 saturated carbocycles. The number of carbonyl (C=O) groups is 1. The number of aromatic nitrogens is 4. The average molecular weight is 391 g/mol. The third-order valence-corrected chi connectivity index (χ3v) is 4.31. The number of hydrogen-bond donors (Lipinski definition) is 3. The largest absolute Gasteiger partial charge is 0.366 e. The third-order valence-electron chi connectivity index (χ3n) is 3.66. The summed E-state index contributed by atoms with van der Waals surface area (Å²) in [5.74, 6) is 0.809. The molecule has 3 aromatic rings. The van der Waals surface area contributed by atoms with Crippen LogP contribution in [0.5, 0.6) is 0 Å². The number of halogens is 2. The Morgan fingerprint density at radius 3 is 2.58 bits per heavy atom. The Morgan fingerprint density at radius 2 is 1.92 bits per heavy atom. The van der Waals surface area contributed by atoms with Crippen molar-refractivity contribution in [3.63, 3.8) is 0 Å². The van der Waals surface area contributed by atoms with Crippen molar-refractivity contribution >= 4 is 35.1 Å². The van der Waals surface area contributed by atoms with E-state index in [-0.39, 0.29) is 5.15 Å². The molecule has 0 aliphatic heterocycles. The van der Waals surface area contributed by atoms with Gasteiger partial charge in [0.25, 0.3) is 0 Å². The highest BCUT2D eigenvalue weighted by atomic mass is 35.5. The zero-order valence-corrected chi connectivity index (χ0v) is 15.2. The lowest BCUT2D eigenvalue weighted by Crippen LogP contribution is -2.10. The summed E-state index contributed by atoms with van der Waals surface area (Å²) >= 11 is 11.6. The normalized spacial score (nSPS) is 10.7. The summed E-state index contributed by atoms with van der Waals surface area (Å²) in [7, 11) is 0. The number of primary amides is 1. The Morgan fingerprint density at radius 1 is 1.15 bits per heavy atom. The molecule has 3 rings (SSSR count). The molecular formula is C17H16Cl2N6O. The van der Waals surface area contributed by atoms with Crippen LogP contribution in [0.3, 0.4) is 0 Å². The smallest absolute Gasteiger partial charge is 0.248 e. The van der Waals surface area contributed by atoms with Gasteiger partial charge in [-0.3, -0.25) is 4.79 Å². The zero-order valence-electron chi connectivity index (χ0n) is 13.7. The number of benzene rings is 1. The third kappa shape index (κ3) is 4.50. The Labute approximate surface area is 160 Å². The number of nitrogens with zero attached hydrogens (tertiary/aromatic N) is 3. The van der Waals surface area contributed by atoms with E-state index in [1.54, 1.807) is 36.5 Å². The number of nitrogens with two attached hydrogens (primary N) is 1. The van der Waals surface area contributed by atoms with Gasteiger partial charge in [-0.25, -0.2) is 15.0 Å². The molecule has 1 aromatic carbocycles. The maximum absolute atomic E-state index is 11.1. The molecule has 134 valence electrons. The maximum atomic E-state index is 11.1. The molecule has 4 N–H and O–H groups in total. The minimum absolute atomic E-state index is 0.285. The summed E-state index contributed by atoms with van der Waals surface area (Å²) in [4.78, 5) is 26.9. The van der Waals surface area contributed by atoms with Crippen LogP contribution in [-0.4, -0.2) is 32.4 Å². The predicted octanol–water partition coefficient (Wildman–Crippen LogP) is 3.32. The number of rotatable bonds is 7. The number of hydrogen-bond acceptors (Lipinski definition) is 5. The van der Waals surface area contributed by atoms with Crippen LogP contribution < -0.4 is 11.1 Å². The molecule has 2 heterocycles. The summed E-state index contributed by atoms with van der Waals surface area (Å²) in [5.41, 5.74) is 7.34. The van der Waals surface area contributed by atoms with E-state index in [1.807, 2.05) is 0 Å². The highest BCUT2D eigenvalue weighted by Crippen LogP contribution is 2.19. The number of aryl methyl sites for hydroxylation is 1. The van der Waals surface area contributed by atoms with Gasteiger partial charge in [-0.15, -0.1) is 0 Å². The standard InChI is InChI=1S/C17H16Cl2N6O/c18-14-15(19)25-13(24-14)2-1-8-21-17-22-9-7-12(23-17)10-3-5-11(6-4-10)16(20)26/h3-7,9H,1-2,8H2,(H2,20,26)(H,24,25)(H,21,22,23). The van der Waals surface area contributed by atoms with E-state index in [0.717, 1.165) is 23.5 Å². The lowest BCUT2D eigenvalue weighted by Gasteiger charge is -2.06. The Bertz CT molecular complexity index is 890. The van der Waals surface area contributed by atoms with Crippen LogP contribution in [0.15, 0.2) is 36.5 Å². The molecule has 7 nitrogen and oxygen atoms in total. The van der Waals surface area contributed by atoms with E-state index in [0.29, 0.717) is 29.6 Å². The fourth-order valence-corrected chi connectivity index (χ4v) is 2.66. The molecular weight excluding hydrogens is 375 g/mol. The van der Waals surface area contributed by atoms with Gasteiger partial charge in [-0.05, 0) is 24.6 Å². The number of carbonyl (C=O) groups excluding carboxylic acids is 1. The molecule has 1 amide bonds. The molecule has 2 aromatic heterocycles. The Kier molecular flexibility index (Phi) is 5.70. The topological polar surface area (TPSA) is 110 Å². The van der Waals surface area contributed by atoms with Crippen LogP contribution in [0, 0.1) is 0 Å². The maximum Gasteiger partial charge on any atom is 0.248 e. The van der Waals surface area contributed by atoms with Crippen LogP contribution in [0.2, 0.25) is 10.3 Å². The lowest BCUT2D eigenvalue weighted by atomic mass is 10.1. The second-order valence-electron chi connectivity index (χ2n) is 5.53. The summed E-state index contributed by atoms with van der Waals surface area (Å²) in [6.07, 6.45) is 3.19. The molecule has 0 spiro atoms. The van der Waals surface area contributed by atoms with Gasteiger partial charge < -0.3 is 16.0 Å². The van der Waals surface area contributed by atoms with Gasteiger partial charge >= 0.3 is 0 Å². The zero-order chi connectivity index (χ0) is 18.5. The number of imidazole rings is 1. The first-order chi connectivity index (χ1) is 12.5. The first-order valence-electron chi connectivity index (χ1n) is 7.90. The van der Waals surface area contributed by atoms with Crippen molar-refractivity contribution in [2.24, 2.45) is 5.73 Å². The molecule has 0 aliphatic carbocycles. The summed E-state index contributed by atoms with van der Waals surface area (Å²) < 4.78 is 0. The fraction of sp³-hybridized carbons (Fsp3) is 0.176. The second kappa shape index (κ2) is 8.16. The minimum Gasteiger partial charge on any atom is -0.366 e. The summed E-state index contributed by atoms with van der Waals surface area (Å²) in [5, 5.41) is 3.81. The van der Waals surface area contributed by atoms with Gasteiger partial charge in [0.1, 0.15) is 11.0 Å². The first kappa shape index (κ1) is 18.2. The van der Waals surface area contributed by atoms with E-state index in [2.05, 4.69) is 25.3 Å². The highest BCUT2D eigenvalue weighted by Gasteiger charge is 2.06. The van der Waals surface area contributed by atoms with Crippen molar-refractivity contribution in [3.8, 4) is 11.3 Å². The first-order valence-corrected chi connectivity index (χ1v) is 8.65. The monoisotopic (exact) mass is 390 g/mol. The van der Waals surface area contributed by atoms with Crippen molar-refractivity contribution in [2.75, 3.05) is 11.9 Å². The molecule has 0 fully saturated rings. The molecule has 26 heavy (non-hydrogen) atoms. The number of nitrogens with one attached hydrogen (secondary N) is 2. The van der Waals surface area contributed by atoms with Crippen LogP contribution >= 0.6 is 23.2 Å². The Hall–Kier alpha value is -2.64. The quantitative estimate of drug-likeness (QED) is 0.536. The van der Waals surface area contributed by atoms with Crippen molar-refractivity contribution in [3.05, 3.63) is 58.2 Å². The molecule has 0 bridgehead atoms. The van der Waals surface area contributed by atoms with Gasteiger partial charge in [0.2, 0.25) is 11.9 Å². The van der Waals surface area contributed by atoms with Gasteiger partial charge in [-0.1, -0.05) is 35.3 Å². The predicted molar refractivity (Wildman–Crippen MR) is 101 cm³/mol. The molecule has 0 atom stereocenters. The Balaban J connectivity index is 1.57. The molecule has 0 radical (unpaired) electrons. The number of aromatic amines is 1. The molecule has 9 heteroatoms. The van der Waals surface area contributed by atoms with Gasteiger partial charge in [-0.2, -0.15) is 0 Å². The van der Waals surface area contributed by atoms with E-state index >= 15 is 0 Å². The SMILES string of the molecule is NC(=O)c1ccc(-c2ccnc(NCCCc3nc(Cl)c(Cl)[nH]3)n2)cc1. The van der Waals surface area contributed by atoms with E-state index < -0.39 is 5.91 Å². The highest BCUT2D eigenvalue weighted by molar-refractivity contribution is 6.40. The van der Waals surface area contributed by atoms with E-state index in [1.165, 1.54) is 0 Å². The van der Waals surface area contributed by atoms with E-state index in [9.17, 15) is 4.79 Å². The van der Waals surface area contributed by atoms with Crippen molar-refractivity contribution in [1.82, 2.24) is 19.9 Å². The van der Waals surface area contributed by atoms with Gasteiger partial charge in [0.15, 0.2) is 5.15 Å². The van der Waals surface area contributed by atoms with Crippen LogP contribution in [-0.2, 0) is 6.42 Å². The number of H-pyrrole nitrogens is 1. The lowest BCUT2D eigenvalue weighted by molar-refractivity contribution is 0.100. The number of anilines is 1. The minimum atomic E-state index is -0.458. The molecule has 0 saturated heterocycles. The summed E-state index contributed by atoms with van der Waals surface area (Å²) in [6, 6.07) is 8.75. The molecule has 0 unspecified atom stereocenters. The molecule has 0 aliphatic rings. The van der Waals surface area contributed by atoms with Crippen molar-refractivity contribution in [1.29, 1.82) is 0 Å². The van der Waals surface area contributed by atoms with Crippen molar-refractivity contribution < 1.29 is 4.79 Å². The van der Waals surface area contributed by atoms with Gasteiger partial charge in [0.05, 0.1) is 5.69 Å². The van der Waals surface area contributed by atoms with Crippen LogP contribution in [0.4, 0.5) is 5.95 Å². The summed E-state index contributed by atoms with van der Waals surface area (Å²) in [6.45, 7) is 0.667. The number of amides is 1. The van der Waals surface area contributed by atoms with Crippen LogP contribution in [0.1, 0.15) is 22.6 Å².